The smallest absolute Gasteiger partial charge is 0.144 e. The van der Waals surface area contributed by atoms with Crippen molar-refractivity contribution < 1.29 is 5.11 Å². The number of para-hydroxylation sites is 1. The van der Waals surface area contributed by atoms with E-state index in [1.807, 2.05) is 35.0 Å². The molecule has 0 aliphatic heterocycles. The first kappa shape index (κ1) is 11.8. The summed E-state index contributed by atoms with van der Waals surface area (Å²) >= 11 is 0. The zero-order valence-corrected chi connectivity index (χ0v) is 10.1. The number of nitrogens with two attached hydrogens (primary N) is 1. The summed E-state index contributed by atoms with van der Waals surface area (Å²) in [6.45, 7) is 3.90. The lowest BCUT2D eigenvalue weighted by Crippen LogP contribution is -2.22. The highest BCUT2D eigenvalue weighted by Crippen LogP contribution is 2.23. The Labute approximate surface area is 101 Å². The maximum atomic E-state index is 10.1. The minimum absolute atomic E-state index is 0.458. The second-order valence-electron chi connectivity index (χ2n) is 4.51. The van der Waals surface area contributed by atoms with Crippen LogP contribution in [0, 0.1) is 0 Å². The molecule has 0 fully saturated rings. The van der Waals surface area contributed by atoms with Crippen LogP contribution in [0.4, 0.5) is 0 Å². The van der Waals surface area contributed by atoms with Gasteiger partial charge in [0.1, 0.15) is 11.4 Å². The molecule has 0 aliphatic rings. The van der Waals surface area contributed by atoms with Gasteiger partial charge in [0.2, 0.25) is 0 Å². The van der Waals surface area contributed by atoms with Crippen molar-refractivity contribution in [1.82, 2.24) is 9.55 Å². The van der Waals surface area contributed by atoms with Gasteiger partial charge in [-0.05, 0) is 25.5 Å². The van der Waals surface area contributed by atoms with Gasteiger partial charge in [-0.1, -0.05) is 18.2 Å². The molecule has 2 aromatic rings. The number of hydrogen-bond donors (Lipinski definition) is 2. The average Bonchev–Trinajstić information content (AvgIpc) is 2.77. The summed E-state index contributed by atoms with van der Waals surface area (Å²) in [6, 6.07) is 7.84. The molecule has 4 nitrogen and oxygen atoms in total. The van der Waals surface area contributed by atoms with Crippen LogP contribution in [-0.4, -0.2) is 14.7 Å². The Morgan fingerprint density at radius 1 is 1.35 bits per heavy atom. The highest BCUT2D eigenvalue weighted by molar-refractivity contribution is 5.42. The lowest BCUT2D eigenvalue weighted by atomic mass is 10.1. The summed E-state index contributed by atoms with van der Waals surface area (Å²) < 4.78 is 1.88. The Morgan fingerprint density at radius 3 is 2.71 bits per heavy atom. The molecule has 1 heterocycles. The molecule has 17 heavy (non-hydrogen) atoms. The van der Waals surface area contributed by atoms with Crippen LogP contribution in [0.25, 0.3) is 5.69 Å². The number of rotatable bonds is 3. The Kier molecular flexibility index (Phi) is 3.00. The lowest BCUT2D eigenvalue weighted by Gasteiger charge is -2.20. The Hall–Kier alpha value is -1.65. The van der Waals surface area contributed by atoms with Crippen molar-refractivity contribution in [2.24, 2.45) is 5.73 Å². The summed E-state index contributed by atoms with van der Waals surface area (Å²) in [4.78, 5) is 4.21. The fourth-order valence-electron chi connectivity index (χ4n) is 1.87. The van der Waals surface area contributed by atoms with Crippen LogP contribution in [-0.2, 0) is 12.1 Å². The van der Waals surface area contributed by atoms with Gasteiger partial charge in [-0.25, -0.2) is 4.98 Å². The highest BCUT2D eigenvalue weighted by atomic mass is 16.3. The number of nitrogens with zero attached hydrogens (tertiary/aromatic N) is 2. The standard InChI is InChI=1S/C13H17N3O/c1-13(2,17)12-15-7-8-16(12)11-6-4-3-5-10(11)9-14/h3-8,17H,9,14H2,1-2H3. The maximum absolute atomic E-state index is 10.1. The summed E-state index contributed by atoms with van der Waals surface area (Å²) in [6.07, 6.45) is 3.52. The predicted molar refractivity (Wildman–Crippen MR) is 66.7 cm³/mol. The molecule has 1 aromatic carbocycles. The molecule has 0 saturated heterocycles. The summed E-state index contributed by atoms with van der Waals surface area (Å²) in [5, 5.41) is 10.1. The van der Waals surface area contributed by atoms with E-state index in [0.29, 0.717) is 12.4 Å². The molecule has 0 spiro atoms. The van der Waals surface area contributed by atoms with E-state index in [2.05, 4.69) is 4.98 Å². The van der Waals surface area contributed by atoms with E-state index < -0.39 is 5.60 Å². The van der Waals surface area contributed by atoms with Crippen LogP contribution in [0.3, 0.4) is 0 Å². The minimum Gasteiger partial charge on any atom is -0.382 e. The largest absolute Gasteiger partial charge is 0.382 e. The van der Waals surface area contributed by atoms with Crippen molar-refractivity contribution in [3.8, 4) is 5.69 Å². The second kappa shape index (κ2) is 4.31. The molecule has 0 atom stereocenters. The Bertz CT molecular complexity index is 511. The number of benzene rings is 1. The van der Waals surface area contributed by atoms with Crippen LogP contribution in [0.5, 0.6) is 0 Å². The first-order chi connectivity index (χ1) is 8.04. The topological polar surface area (TPSA) is 64.1 Å². The zero-order chi connectivity index (χ0) is 12.5. The quantitative estimate of drug-likeness (QED) is 0.842. The molecule has 0 radical (unpaired) electrons. The van der Waals surface area contributed by atoms with Gasteiger partial charge < -0.3 is 15.4 Å². The monoisotopic (exact) mass is 231 g/mol. The van der Waals surface area contributed by atoms with E-state index in [1.165, 1.54) is 0 Å². The molecule has 90 valence electrons. The maximum Gasteiger partial charge on any atom is 0.144 e. The molecular formula is C13H17N3O. The third kappa shape index (κ3) is 2.23. The fourth-order valence-corrected chi connectivity index (χ4v) is 1.87. The van der Waals surface area contributed by atoms with Gasteiger partial charge in [0, 0.05) is 18.9 Å². The van der Waals surface area contributed by atoms with E-state index in [1.54, 1.807) is 20.0 Å². The van der Waals surface area contributed by atoms with Gasteiger partial charge in [0.25, 0.3) is 0 Å². The summed E-state index contributed by atoms with van der Waals surface area (Å²) in [5.74, 6) is 0.610. The number of aliphatic hydroxyl groups is 1. The van der Waals surface area contributed by atoms with Gasteiger partial charge in [0.05, 0.1) is 5.69 Å². The molecule has 3 N–H and O–H groups in total. The van der Waals surface area contributed by atoms with Crippen molar-refractivity contribution in [1.29, 1.82) is 0 Å². The van der Waals surface area contributed by atoms with Crippen molar-refractivity contribution >= 4 is 0 Å². The van der Waals surface area contributed by atoms with E-state index >= 15 is 0 Å². The fraction of sp³-hybridized carbons (Fsp3) is 0.308. The molecule has 0 saturated carbocycles. The minimum atomic E-state index is -0.981. The summed E-state index contributed by atoms with van der Waals surface area (Å²) in [7, 11) is 0. The molecule has 1 aromatic heterocycles. The number of imidazole rings is 1. The first-order valence-electron chi connectivity index (χ1n) is 5.58. The number of hydrogen-bond acceptors (Lipinski definition) is 3. The summed E-state index contributed by atoms with van der Waals surface area (Å²) in [5.41, 5.74) is 6.73. The van der Waals surface area contributed by atoms with Gasteiger partial charge in [-0.15, -0.1) is 0 Å². The number of aromatic nitrogens is 2. The predicted octanol–water partition coefficient (Wildman–Crippen LogP) is 1.56. The second-order valence-corrected chi connectivity index (χ2v) is 4.51. The Morgan fingerprint density at radius 2 is 2.06 bits per heavy atom. The first-order valence-corrected chi connectivity index (χ1v) is 5.58. The van der Waals surface area contributed by atoms with Crippen LogP contribution in [0.2, 0.25) is 0 Å². The van der Waals surface area contributed by atoms with Gasteiger partial charge >= 0.3 is 0 Å². The van der Waals surface area contributed by atoms with Crippen molar-refractivity contribution in [3.63, 3.8) is 0 Å². The van der Waals surface area contributed by atoms with Gasteiger partial charge in [0.15, 0.2) is 0 Å². The van der Waals surface area contributed by atoms with Crippen LogP contribution >= 0.6 is 0 Å². The van der Waals surface area contributed by atoms with Crippen molar-refractivity contribution in [3.05, 3.63) is 48.0 Å². The lowest BCUT2D eigenvalue weighted by molar-refractivity contribution is 0.0672. The average molecular weight is 231 g/mol. The SMILES string of the molecule is CC(C)(O)c1nccn1-c1ccccc1CN. The van der Waals surface area contributed by atoms with Gasteiger partial charge in [-0.2, -0.15) is 0 Å². The highest BCUT2D eigenvalue weighted by Gasteiger charge is 2.23. The molecule has 0 bridgehead atoms. The zero-order valence-electron chi connectivity index (χ0n) is 10.1. The molecule has 0 aliphatic carbocycles. The van der Waals surface area contributed by atoms with Crippen LogP contribution in [0.15, 0.2) is 36.7 Å². The molecule has 4 heteroatoms. The third-order valence-corrected chi connectivity index (χ3v) is 2.66. The third-order valence-electron chi connectivity index (χ3n) is 2.66. The van der Waals surface area contributed by atoms with Crippen molar-refractivity contribution in [2.75, 3.05) is 0 Å². The molecule has 0 unspecified atom stereocenters. The van der Waals surface area contributed by atoms with Crippen LogP contribution < -0.4 is 5.73 Å². The molecular weight excluding hydrogens is 214 g/mol. The molecule has 2 rings (SSSR count). The van der Waals surface area contributed by atoms with Gasteiger partial charge in [-0.3, -0.25) is 0 Å². The Balaban J connectivity index is 2.58. The van der Waals surface area contributed by atoms with E-state index in [4.69, 9.17) is 5.73 Å². The van der Waals surface area contributed by atoms with E-state index in [0.717, 1.165) is 11.3 Å². The van der Waals surface area contributed by atoms with Crippen molar-refractivity contribution in [2.45, 2.75) is 26.0 Å². The van der Waals surface area contributed by atoms with E-state index in [-0.39, 0.29) is 0 Å². The van der Waals surface area contributed by atoms with E-state index in [9.17, 15) is 5.11 Å². The normalized spacial score (nSPS) is 11.8. The van der Waals surface area contributed by atoms with Crippen LogP contribution in [0.1, 0.15) is 25.2 Å². The molecule has 0 amide bonds.